The van der Waals surface area contributed by atoms with Crippen molar-refractivity contribution in [3.63, 3.8) is 0 Å². The molecule has 1 amide bonds. The number of carbonyl (C=O) groups is 1. The van der Waals surface area contributed by atoms with Crippen molar-refractivity contribution in [3.05, 3.63) is 39.9 Å². The summed E-state index contributed by atoms with van der Waals surface area (Å²) in [6.07, 6.45) is 0.241. The van der Waals surface area contributed by atoms with Crippen LogP contribution in [-0.2, 0) is 11.2 Å². The minimum Gasteiger partial charge on any atom is -0.299 e. The minimum atomic E-state index is -0.455. The molecule has 1 heterocycles. The molecule has 0 N–H and O–H groups in total. The highest BCUT2D eigenvalue weighted by Crippen LogP contribution is 2.13. The van der Waals surface area contributed by atoms with E-state index < -0.39 is 4.92 Å². The number of rotatable bonds is 3. The summed E-state index contributed by atoms with van der Waals surface area (Å²) in [5.41, 5.74) is 0.801. The van der Waals surface area contributed by atoms with Crippen molar-refractivity contribution in [1.29, 1.82) is 0 Å². The molecule has 1 aromatic carbocycles. The molecule has 1 aliphatic heterocycles. The van der Waals surface area contributed by atoms with Crippen LogP contribution in [0.2, 0.25) is 0 Å². The third kappa shape index (κ3) is 2.53. The van der Waals surface area contributed by atoms with Gasteiger partial charge in [0, 0.05) is 18.7 Å². The highest BCUT2D eigenvalue weighted by atomic mass is 16.6. The number of nitrogens with zero attached hydrogens (tertiary/aromatic N) is 3. The van der Waals surface area contributed by atoms with Crippen molar-refractivity contribution in [3.8, 4) is 0 Å². The summed E-state index contributed by atoms with van der Waals surface area (Å²) in [5.74, 6) is 0.713. The molecule has 18 heavy (non-hydrogen) atoms. The first-order valence-corrected chi connectivity index (χ1v) is 5.62. The molecule has 0 aliphatic carbocycles. The van der Waals surface area contributed by atoms with Gasteiger partial charge < -0.3 is 0 Å². The molecule has 1 aromatic rings. The Labute approximate surface area is 104 Å². The zero-order valence-electron chi connectivity index (χ0n) is 10.00. The van der Waals surface area contributed by atoms with Crippen LogP contribution in [0.3, 0.4) is 0 Å². The number of carbonyl (C=O) groups excluding carboxylic acids is 1. The minimum absolute atomic E-state index is 0.0254. The number of hydrogen-bond donors (Lipinski definition) is 0. The Balaban J connectivity index is 2.03. The maximum absolute atomic E-state index is 12.0. The highest BCUT2D eigenvalue weighted by Gasteiger charge is 2.20. The Hall–Kier alpha value is -2.24. The van der Waals surface area contributed by atoms with Gasteiger partial charge in [0.1, 0.15) is 5.84 Å². The monoisotopic (exact) mass is 247 g/mol. The Kier molecular flexibility index (Phi) is 3.36. The third-order valence-corrected chi connectivity index (χ3v) is 2.86. The van der Waals surface area contributed by atoms with Gasteiger partial charge in [-0.05, 0) is 12.5 Å². The molecule has 6 nitrogen and oxygen atoms in total. The first kappa shape index (κ1) is 12.2. The smallest absolute Gasteiger partial charge is 0.269 e. The van der Waals surface area contributed by atoms with Crippen LogP contribution in [0, 0.1) is 10.1 Å². The standard InChI is InChI=1S/C12H13N3O3/c1-9-13-6-7-14(9)12(16)8-10-2-4-11(5-3-10)15(17)18/h2-5H,6-8H2,1H3. The van der Waals surface area contributed by atoms with Crippen LogP contribution < -0.4 is 0 Å². The first-order chi connectivity index (χ1) is 8.58. The lowest BCUT2D eigenvalue weighted by Gasteiger charge is -2.15. The predicted molar refractivity (Wildman–Crippen MR) is 66.5 cm³/mol. The van der Waals surface area contributed by atoms with Gasteiger partial charge in [-0.25, -0.2) is 0 Å². The molecule has 6 heteroatoms. The molecule has 94 valence electrons. The fourth-order valence-electron chi connectivity index (χ4n) is 1.87. The summed E-state index contributed by atoms with van der Waals surface area (Å²) in [7, 11) is 0. The molecule has 0 saturated heterocycles. The number of aliphatic imine (C=N–C) groups is 1. The Bertz CT molecular complexity index is 508. The van der Waals surface area contributed by atoms with E-state index >= 15 is 0 Å². The molecule has 0 saturated carbocycles. The van der Waals surface area contributed by atoms with Crippen molar-refractivity contribution >= 4 is 17.4 Å². The Morgan fingerprint density at radius 2 is 2.11 bits per heavy atom. The summed E-state index contributed by atoms with van der Waals surface area (Å²) in [5, 5.41) is 10.5. The van der Waals surface area contributed by atoms with E-state index in [9.17, 15) is 14.9 Å². The van der Waals surface area contributed by atoms with E-state index in [1.54, 1.807) is 24.0 Å². The highest BCUT2D eigenvalue weighted by molar-refractivity contribution is 5.98. The summed E-state index contributed by atoms with van der Waals surface area (Å²) in [6.45, 7) is 3.08. The molecule has 0 unspecified atom stereocenters. The van der Waals surface area contributed by atoms with Crippen molar-refractivity contribution in [1.82, 2.24) is 4.90 Å². The molecule has 0 bridgehead atoms. The number of benzene rings is 1. The molecule has 0 spiro atoms. The average molecular weight is 247 g/mol. The molecule has 2 rings (SSSR count). The van der Waals surface area contributed by atoms with Gasteiger partial charge in [-0.15, -0.1) is 0 Å². The van der Waals surface area contributed by atoms with Crippen molar-refractivity contribution in [2.45, 2.75) is 13.3 Å². The molecule has 1 aliphatic rings. The number of hydrogen-bond acceptors (Lipinski definition) is 4. The lowest BCUT2D eigenvalue weighted by atomic mass is 10.1. The van der Waals surface area contributed by atoms with E-state index in [0.717, 1.165) is 11.4 Å². The van der Waals surface area contributed by atoms with Crippen LogP contribution in [0.5, 0.6) is 0 Å². The zero-order chi connectivity index (χ0) is 13.1. The van der Waals surface area contributed by atoms with E-state index in [1.165, 1.54) is 12.1 Å². The second-order valence-electron chi connectivity index (χ2n) is 4.07. The van der Waals surface area contributed by atoms with E-state index in [4.69, 9.17) is 0 Å². The largest absolute Gasteiger partial charge is 0.299 e. The van der Waals surface area contributed by atoms with Gasteiger partial charge in [0.2, 0.25) is 5.91 Å². The Morgan fingerprint density at radius 3 is 2.61 bits per heavy atom. The second-order valence-corrected chi connectivity index (χ2v) is 4.07. The second kappa shape index (κ2) is 4.95. The maximum Gasteiger partial charge on any atom is 0.269 e. The van der Waals surface area contributed by atoms with E-state index in [1.807, 2.05) is 0 Å². The van der Waals surface area contributed by atoms with Gasteiger partial charge in [-0.2, -0.15) is 0 Å². The van der Waals surface area contributed by atoms with Crippen LogP contribution >= 0.6 is 0 Å². The third-order valence-electron chi connectivity index (χ3n) is 2.86. The quantitative estimate of drug-likeness (QED) is 0.598. The van der Waals surface area contributed by atoms with E-state index in [0.29, 0.717) is 13.1 Å². The summed E-state index contributed by atoms with van der Waals surface area (Å²) >= 11 is 0. The van der Waals surface area contributed by atoms with Gasteiger partial charge >= 0.3 is 0 Å². The van der Waals surface area contributed by atoms with Gasteiger partial charge in [-0.1, -0.05) is 12.1 Å². The summed E-state index contributed by atoms with van der Waals surface area (Å²) in [6, 6.07) is 6.04. The number of amidine groups is 1. The molecule has 0 fully saturated rings. The van der Waals surface area contributed by atoms with Gasteiger partial charge in [0.15, 0.2) is 0 Å². The average Bonchev–Trinajstić information content (AvgIpc) is 2.76. The van der Waals surface area contributed by atoms with Gasteiger partial charge in [0.05, 0.1) is 17.9 Å². The summed E-state index contributed by atoms with van der Waals surface area (Å²) < 4.78 is 0. The first-order valence-electron chi connectivity index (χ1n) is 5.62. The normalized spacial score (nSPS) is 14.5. The number of nitro groups is 1. The molecule has 0 aromatic heterocycles. The van der Waals surface area contributed by atoms with Crippen LogP contribution in [0.15, 0.2) is 29.3 Å². The van der Waals surface area contributed by atoms with Gasteiger partial charge in [-0.3, -0.25) is 24.8 Å². The van der Waals surface area contributed by atoms with Gasteiger partial charge in [0.25, 0.3) is 5.69 Å². The molecule has 0 atom stereocenters. The molecule has 0 radical (unpaired) electrons. The Morgan fingerprint density at radius 1 is 1.44 bits per heavy atom. The summed E-state index contributed by atoms with van der Waals surface area (Å²) in [4.78, 5) is 27.8. The van der Waals surface area contributed by atoms with Crippen LogP contribution in [0.4, 0.5) is 5.69 Å². The van der Waals surface area contributed by atoms with E-state index in [-0.39, 0.29) is 18.0 Å². The SMILES string of the molecule is CC1=NCCN1C(=O)Cc1ccc([N+](=O)[O-])cc1. The van der Waals surface area contributed by atoms with Crippen molar-refractivity contribution in [2.75, 3.05) is 13.1 Å². The van der Waals surface area contributed by atoms with Crippen LogP contribution in [0.25, 0.3) is 0 Å². The zero-order valence-corrected chi connectivity index (χ0v) is 10.00. The van der Waals surface area contributed by atoms with Crippen LogP contribution in [0.1, 0.15) is 12.5 Å². The number of nitro benzene ring substituents is 1. The fraction of sp³-hybridized carbons (Fsp3) is 0.333. The van der Waals surface area contributed by atoms with E-state index in [2.05, 4.69) is 4.99 Å². The number of amides is 1. The van der Waals surface area contributed by atoms with Crippen molar-refractivity contribution in [2.24, 2.45) is 4.99 Å². The fourth-order valence-corrected chi connectivity index (χ4v) is 1.87. The van der Waals surface area contributed by atoms with Crippen LogP contribution in [-0.4, -0.2) is 34.7 Å². The maximum atomic E-state index is 12.0. The predicted octanol–water partition coefficient (Wildman–Crippen LogP) is 1.40. The number of non-ortho nitro benzene ring substituents is 1. The molecular formula is C12H13N3O3. The topological polar surface area (TPSA) is 75.8 Å². The lowest BCUT2D eigenvalue weighted by Crippen LogP contribution is -2.33. The molecular weight excluding hydrogens is 234 g/mol. The lowest BCUT2D eigenvalue weighted by molar-refractivity contribution is -0.384. The van der Waals surface area contributed by atoms with Crippen molar-refractivity contribution < 1.29 is 9.72 Å².